The summed E-state index contributed by atoms with van der Waals surface area (Å²) in [6.45, 7) is 7.77. The van der Waals surface area contributed by atoms with Crippen LogP contribution in [0.5, 0.6) is 17.2 Å². The molecule has 1 saturated heterocycles. The van der Waals surface area contributed by atoms with Crippen LogP contribution in [0.2, 0.25) is 0 Å². The zero-order valence-corrected chi connectivity index (χ0v) is 22.1. The number of hydrogen-bond donors (Lipinski definition) is 1. The normalized spacial score (nSPS) is 17.0. The molecule has 1 amide bonds. The molecule has 1 heterocycles. The van der Waals surface area contributed by atoms with Crippen molar-refractivity contribution in [3.8, 4) is 17.2 Å². The lowest BCUT2D eigenvalue weighted by Gasteiger charge is -2.37. The number of morpholine rings is 1. The van der Waals surface area contributed by atoms with Crippen molar-refractivity contribution in [2.45, 2.75) is 32.5 Å². The third-order valence-corrected chi connectivity index (χ3v) is 6.21. The summed E-state index contributed by atoms with van der Waals surface area (Å²) in [6, 6.07) is 13.4. The van der Waals surface area contributed by atoms with Crippen molar-refractivity contribution in [1.82, 2.24) is 9.80 Å². The van der Waals surface area contributed by atoms with Gasteiger partial charge in [0.2, 0.25) is 5.75 Å². The predicted octanol–water partition coefficient (Wildman–Crippen LogP) is 3.12. The molecular formula is C28H40N2O6. The van der Waals surface area contributed by atoms with Gasteiger partial charge in [-0.05, 0) is 30.0 Å². The number of β-amino-alcohol motifs (C(OH)–C–C–N with tert-alkyl or cyclic N) is 1. The maximum absolute atomic E-state index is 13.6. The minimum absolute atomic E-state index is 0.118. The van der Waals surface area contributed by atoms with Crippen LogP contribution >= 0.6 is 0 Å². The molecule has 36 heavy (non-hydrogen) atoms. The molecular weight excluding hydrogens is 460 g/mol. The smallest absolute Gasteiger partial charge is 0.254 e. The Morgan fingerprint density at radius 2 is 1.78 bits per heavy atom. The Bertz CT molecular complexity index is 943. The number of carbonyl (C=O) groups excluding carboxylic acids is 1. The largest absolute Gasteiger partial charge is 0.493 e. The summed E-state index contributed by atoms with van der Waals surface area (Å²) in [5, 5.41) is 10.6. The average molecular weight is 501 g/mol. The topological polar surface area (TPSA) is 80.7 Å². The van der Waals surface area contributed by atoms with E-state index >= 15 is 0 Å². The molecule has 8 nitrogen and oxygen atoms in total. The van der Waals surface area contributed by atoms with E-state index in [0.717, 1.165) is 12.1 Å². The van der Waals surface area contributed by atoms with Crippen LogP contribution in [0, 0.1) is 5.92 Å². The molecule has 3 rings (SSSR count). The fourth-order valence-corrected chi connectivity index (χ4v) is 4.62. The van der Waals surface area contributed by atoms with Gasteiger partial charge in [-0.3, -0.25) is 9.69 Å². The Balaban J connectivity index is 1.69. The van der Waals surface area contributed by atoms with Crippen LogP contribution in [-0.2, 0) is 11.2 Å². The van der Waals surface area contributed by atoms with Gasteiger partial charge in [0.25, 0.3) is 5.91 Å². The van der Waals surface area contributed by atoms with E-state index in [1.807, 2.05) is 35.2 Å². The molecule has 0 spiro atoms. The van der Waals surface area contributed by atoms with E-state index in [2.05, 4.69) is 18.7 Å². The highest BCUT2D eigenvalue weighted by atomic mass is 16.5. The van der Waals surface area contributed by atoms with Crippen molar-refractivity contribution in [3.05, 3.63) is 53.6 Å². The lowest BCUT2D eigenvalue weighted by Crippen LogP contribution is -2.51. The monoisotopic (exact) mass is 500 g/mol. The summed E-state index contributed by atoms with van der Waals surface area (Å²) in [4.78, 5) is 17.7. The number of aliphatic hydroxyl groups is 1. The van der Waals surface area contributed by atoms with Crippen molar-refractivity contribution in [3.63, 3.8) is 0 Å². The van der Waals surface area contributed by atoms with Crippen LogP contribution in [0.1, 0.15) is 29.8 Å². The first-order chi connectivity index (χ1) is 17.3. The molecule has 0 aliphatic carbocycles. The molecule has 0 radical (unpaired) electrons. The predicted molar refractivity (Wildman–Crippen MR) is 139 cm³/mol. The number of nitrogens with zero attached hydrogens (tertiary/aromatic N) is 2. The Hall–Kier alpha value is -2.81. The molecule has 1 fully saturated rings. The van der Waals surface area contributed by atoms with Crippen LogP contribution in [0.15, 0.2) is 42.5 Å². The van der Waals surface area contributed by atoms with Gasteiger partial charge in [0, 0.05) is 38.3 Å². The highest BCUT2D eigenvalue weighted by molar-refractivity contribution is 5.95. The minimum Gasteiger partial charge on any atom is -0.493 e. The highest BCUT2D eigenvalue weighted by Gasteiger charge is 2.28. The summed E-state index contributed by atoms with van der Waals surface area (Å²) in [5.41, 5.74) is 1.59. The molecule has 198 valence electrons. The zero-order valence-electron chi connectivity index (χ0n) is 22.1. The van der Waals surface area contributed by atoms with Gasteiger partial charge in [0.05, 0.1) is 40.1 Å². The van der Waals surface area contributed by atoms with Gasteiger partial charge in [-0.1, -0.05) is 44.2 Å². The Morgan fingerprint density at radius 3 is 2.36 bits per heavy atom. The highest BCUT2D eigenvalue weighted by Crippen LogP contribution is 2.38. The summed E-state index contributed by atoms with van der Waals surface area (Å²) < 4.78 is 22.3. The number of rotatable bonds is 12. The van der Waals surface area contributed by atoms with Crippen molar-refractivity contribution < 1.29 is 28.8 Å². The lowest BCUT2D eigenvalue weighted by molar-refractivity contribution is -0.0510. The number of amides is 1. The summed E-state index contributed by atoms with van der Waals surface area (Å²) in [7, 11) is 4.61. The second-order valence-corrected chi connectivity index (χ2v) is 9.61. The number of aliphatic hydroxyl groups excluding tert-OH is 1. The molecule has 1 aliphatic heterocycles. The molecule has 1 N–H and O–H groups in total. The van der Waals surface area contributed by atoms with E-state index in [-0.39, 0.29) is 17.9 Å². The molecule has 2 aromatic carbocycles. The van der Waals surface area contributed by atoms with E-state index in [4.69, 9.17) is 18.9 Å². The maximum atomic E-state index is 13.6. The van der Waals surface area contributed by atoms with Gasteiger partial charge in [-0.15, -0.1) is 0 Å². The Kier molecular flexibility index (Phi) is 10.4. The van der Waals surface area contributed by atoms with Gasteiger partial charge < -0.3 is 29.0 Å². The van der Waals surface area contributed by atoms with Gasteiger partial charge in [0.15, 0.2) is 11.5 Å². The number of methoxy groups -OCH3 is 3. The van der Waals surface area contributed by atoms with E-state index in [0.29, 0.717) is 62.0 Å². The molecule has 0 bridgehead atoms. The average Bonchev–Trinajstić information content (AvgIpc) is 2.87. The van der Waals surface area contributed by atoms with Gasteiger partial charge in [0.1, 0.15) is 0 Å². The van der Waals surface area contributed by atoms with Gasteiger partial charge >= 0.3 is 0 Å². The van der Waals surface area contributed by atoms with Crippen molar-refractivity contribution in [2.75, 3.05) is 60.7 Å². The number of ether oxygens (including phenoxy) is 4. The van der Waals surface area contributed by atoms with Crippen LogP contribution in [0.3, 0.4) is 0 Å². The van der Waals surface area contributed by atoms with E-state index in [9.17, 15) is 9.90 Å². The Morgan fingerprint density at radius 1 is 1.11 bits per heavy atom. The van der Waals surface area contributed by atoms with Crippen LogP contribution in [-0.4, -0.2) is 93.7 Å². The molecule has 8 heteroatoms. The molecule has 2 atom stereocenters. The van der Waals surface area contributed by atoms with Crippen LogP contribution < -0.4 is 14.2 Å². The van der Waals surface area contributed by atoms with Gasteiger partial charge in [-0.25, -0.2) is 0 Å². The van der Waals surface area contributed by atoms with Crippen LogP contribution in [0.4, 0.5) is 0 Å². The number of benzene rings is 2. The van der Waals surface area contributed by atoms with Crippen LogP contribution in [0.25, 0.3) is 0 Å². The fourth-order valence-electron chi connectivity index (χ4n) is 4.62. The minimum atomic E-state index is -0.459. The van der Waals surface area contributed by atoms with Gasteiger partial charge in [-0.2, -0.15) is 0 Å². The quantitative estimate of drug-likeness (QED) is 0.480. The fraction of sp³-hybridized carbons (Fsp3) is 0.536. The maximum Gasteiger partial charge on any atom is 0.254 e. The third-order valence-electron chi connectivity index (χ3n) is 6.21. The molecule has 1 aliphatic rings. The van der Waals surface area contributed by atoms with Crippen molar-refractivity contribution >= 4 is 5.91 Å². The third kappa shape index (κ3) is 7.59. The summed E-state index contributed by atoms with van der Waals surface area (Å²) in [6.07, 6.45) is 0.00768. The van der Waals surface area contributed by atoms with Crippen molar-refractivity contribution in [2.24, 2.45) is 5.92 Å². The van der Waals surface area contributed by atoms with E-state index in [1.165, 1.54) is 21.3 Å². The first kappa shape index (κ1) is 27.8. The number of carbonyl (C=O) groups is 1. The molecule has 0 saturated carbocycles. The molecule has 2 aromatic rings. The first-order valence-corrected chi connectivity index (χ1v) is 12.5. The standard InChI is InChI=1S/C28H40N2O6/c1-20(2)16-30(28(32)22-14-25(33-3)27(35-5)26(15-22)34-4)19-24-18-29(11-12-36-24)17-23(31)13-21-9-7-6-8-10-21/h6-10,14-15,20,23-24,31H,11-13,16-19H2,1-5H3/t23-,24-/m1/s1. The number of hydrogen-bond acceptors (Lipinski definition) is 7. The second kappa shape index (κ2) is 13.5. The van der Waals surface area contributed by atoms with E-state index in [1.54, 1.807) is 12.1 Å². The summed E-state index contributed by atoms with van der Waals surface area (Å²) >= 11 is 0. The lowest BCUT2D eigenvalue weighted by atomic mass is 10.1. The SMILES string of the molecule is COc1cc(C(=O)N(CC(C)C)C[C@H]2CN(C[C@H](O)Cc3ccccc3)CCO2)cc(OC)c1OC. The molecule has 0 unspecified atom stereocenters. The Labute approximate surface area is 214 Å². The van der Waals surface area contributed by atoms with E-state index < -0.39 is 6.10 Å². The molecule has 0 aromatic heterocycles. The second-order valence-electron chi connectivity index (χ2n) is 9.61. The summed E-state index contributed by atoms with van der Waals surface area (Å²) in [5.74, 6) is 1.50. The van der Waals surface area contributed by atoms with Crippen molar-refractivity contribution in [1.29, 1.82) is 0 Å². The first-order valence-electron chi connectivity index (χ1n) is 12.5. The zero-order chi connectivity index (χ0) is 26.1.